The molecular weight excluding hydrogens is 275 g/mol. The SMILES string of the molecule is CC(NCc1cc(Cl)cc(Cl)c1)c1nccs1. The first-order valence-electron chi connectivity index (χ1n) is 5.23. The van der Waals surface area contributed by atoms with Gasteiger partial charge in [0.2, 0.25) is 0 Å². The summed E-state index contributed by atoms with van der Waals surface area (Å²) in [6.45, 7) is 2.81. The van der Waals surface area contributed by atoms with Crippen molar-refractivity contribution in [2.75, 3.05) is 0 Å². The lowest BCUT2D eigenvalue weighted by atomic mass is 10.2. The largest absolute Gasteiger partial charge is 0.304 e. The van der Waals surface area contributed by atoms with Gasteiger partial charge in [0.05, 0.1) is 6.04 Å². The highest BCUT2D eigenvalue weighted by Gasteiger charge is 2.07. The second kappa shape index (κ2) is 5.83. The smallest absolute Gasteiger partial charge is 0.109 e. The van der Waals surface area contributed by atoms with E-state index in [-0.39, 0.29) is 6.04 Å². The monoisotopic (exact) mass is 286 g/mol. The maximum atomic E-state index is 5.94. The Morgan fingerprint density at radius 2 is 2.00 bits per heavy atom. The predicted octanol–water partition coefficient (Wildman–Crippen LogP) is 4.30. The number of nitrogens with zero attached hydrogens (tertiary/aromatic N) is 1. The summed E-state index contributed by atoms with van der Waals surface area (Å²) >= 11 is 13.5. The van der Waals surface area contributed by atoms with Gasteiger partial charge >= 0.3 is 0 Å². The average molecular weight is 287 g/mol. The molecule has 0 aliphatic rings. The Hall–Kier alpha value is -0.610. The van der Waals surface area contributed by atoms with Crippen LogP contribution >= 0.6 is 34.5 Å². The fourth-order valence-electron chi connectivity index (χ4n) is 1.52. The minimum absolute atomic E-state index is 0.229. The van der Waals surface area contributed by atoms with Gasteiger partial charge in [0.15, 0.2) is 0 Å². The lowest BCUT2D eigenvalue weighted by molar-refractivity contribution is 0.572. The van der Waals surface area contributed by atoms with E-state index in [1.807, 2.05) is 23.7 Å². The molecule has 5 heteroatoms. The highest BCUT2D eigenvalue weighted by Crippen LogP contribution is 2.20. The van der Waals surface area contributed by atoms with Crippen LogP contribution < -0.4 is 5.32 Å². The van der Waals surface area contributed by atoms with Gasteiger partial charge in [0.25, 0.3) is 0 Å². The molecule has 0 spiro atoms. The van der Waals surface area contributed by atoms with E-state index in [9.17, 15) is 0 Å². The molecule has 0 amide bonds. The zero-order valence-electron chi connectivity index (χ0n) is 9.28. The van der Waals surface area contributed by atoms with Crippen molar-refractivity contribution in [1.29, 1.82) is 0 Å². The molecule has 0 radical (unpaired) electrons. The van der Waals surface area contributed by atoms with Crippen LogP contribution in [0.3, 0.4) is 0 Å². The number of benzene rings is 1. The molecule has 1 unspecified atom stereocenters. The average Bonchev–Trinajstić information content (AvgIpc) is 2.78. The third-order valence-corrected chi connectivity index (χ3v) is 3.75. The molecule has 1 heterocycles. The van der Waals surface area contributed by atoms with Gasteiger partial charge < -0.3 is 5.32 Å². The van der Waals surface area contributed by atoms with Crippen LogP contribution in [-0.2, 0) is 6.54 Å². The van der Waals surface area contributed by atoms with E-state index in [0.29, 0.717) is 10.0 Å². The van der Waals surface area contributed by atoms with Crippen LogP contribution in [0.4, 0.5) is 0 Å². The normalized spacial score (nSPS) is 12.6. The highest BCUT2D eigenvalue weighted by molar-refractivity contribution is 7.09. The fraction of sp³-hybridized carbons (Fsp3) is 0.250. The first-order chi connectivity index (χ1) is 8.15. The van der Waals surface area contributed by atoms with Crippen molar-refractivity contribution in [3.8, 4) is 0 Å². The lowest BCUT2D eigenvalue weighted by Gasteiger charge is -2.11. The summed E-state index contributed by atoms with van der Waals surface area (Å²) in [5.74, 6) is 0. The molecule has 1 atom stereocenters. The van der Waals surface area contributed by atoms with E-state index in [4.69, 9.17) is 23.2 Å². The van der Waals surface area contributed by atoms with Crippen molar-refractivity contribution >= 4 is 34.5 Å². The Kier molecular flexibility index (Phi) is 4.40. The summed E-state index contributed by atoms with van der Waals surface area (Å²) < 4.78 is 0. The first kappa shape index (κ1) is 12.8. The summed E-state index contributed by atoms with van der Waals surface area (Å²) in [6, 6.07) is 5.79. The van der Waals surface area contributed by atoms with E-state index < -0.39 is 0 Å². The van der Waals surface area contributed by atoms with Crippen LogP contribution in [0.2, 0.25) is 10.0 Å². The van der Waals surface area contributed by atoms with Crippen molar-refractivity contribution in [2.24, 2.45) is 0 Å². The fourth-order valence-corrected chi connectivity index (χ4v) is 2.76. The number of thiazole rings is 1. The van der Waals surface area contributed by atoms with Crippen molar-refractivity contribution in [3.63, 3.8) is 0 Å². The molecule has 90 valence electrons. The van der Waals surface area contributed by atoms with Crippen molar-refractivity contribution in [3.05, 3.63) is 50.4 Å². The number of rotatable bonds is 4. The minimum Gasteiger partial charge on any atom is -0.304 e. The number of nitrogens with one attached hydrogen (secondary N) is 1. The molecule has 0 aliphatic carbocycles. The zero-order valence-corrected chi connectivity index (χ0v) is 11.6. The van der Waals surface area contributed by atoms with Crippen LogP contribution in [0.15, 0.2) is 29.8 Å². The molecule has 0 saturated carbocycles. The summed E-state index contributed by atoms with van der Waals surface area (Å²) in [7, 11) is 0. The molecule has 0 fully saturated rings. The predicted molar refractivity (Wildman–Crippen MR) is 73.8 cm³/mol. The second-order valence-electron chi connectivity index (χ2n) is 3.75. The van der Waals surface area contributed by atoms with Gasteiger partial charge in [-0.1, -0.05) is 23.2 Å². The standard InChI is InChI=1S/C12H12Cl2N2S/c1-8(12-15-2-3-17-12)16-7-9-4-10(13)6-11(14)5-9/h2-6,8,16H,7H2,1H3. The van der Waals surface area contributed by atoms with Gasteiger partial charge in [0, 0.05) is 28.2 Å². The molecule has 2 nitrogen and oxygen atoms in total. The number of halogens is 2. The summed E-state index contributed by atoms with van der Waals surface area (Å²) in [5.41, 5.74) is 1.07. The van der Waals surface area contributed by atoms with E-state index in [1.165, 1.54) is 0 Å². The molecular formula is C12H12Cl2N2S. The van der Waals surface area contributed by atoms with Crippen molar-refractivity contribution in [1.82, 2.24) is 10.3 Å². The van der Waals surface area contributed by atoms with Gasteiger partial charge in [-0.05, 0) is 30.7 Å². The van der Waals surface area contributed by atoms with Crippen LogP contribution in [0.5, 0.6) is 0 Å². The van der Waals surface area contributed by atoms with E-state index in [1.54, 1.807) is 17.4 Å². The van der Waals surface area contributed by atoms with Gasteiger partial charge in [-0.3, -0.25) is 0 Å². The molecule has 1 N–H and O–H groups in total. The number of hydrogen-bond donors (Lipinski definition) is 1. The molecule has 0 aliphatic heterocycles. The molecule has 1 aromatic heterocycles. The third kappa shape index (κ3) is 3.68. The first-order valence-corrected chi connectivity index (χ1v) is 6.86. The lowest BCUT2D eigenvalue weighted by Crippen LogP contribution is -2.17. The van der Waals surface area contributed by atoms with Crippen LogP contribution in [0.1, 0.15) is 23.5 Å². The molecule has 0 bridgehead atoms. The van der Waals surface area contributed by atoms with Gasteiger partial charge in [-0.2, -0.15) is 0 Å². The summed E-state index contributed by atoms with van der Waals surface area (Å²) in [6.07, 6.45) is 1.81. The topological polar surface area (TPSA) is 24.9 Å². The summed E-state index contributed by atoms with van der Waals surface area (Å²) in [4.78, 5) is 4.27. The second-order valence-corrected chi connectivity index (χ2v) is 5.55. The maximum absolute atomic E-state index is 5.94. The van der Waals surface area contributed by atoms with Gasteiger partial charge in [-0.15, -0.1) is 11.3 Å². The van der Waals surface area contributed by atoms with Crippen LogP contribution in [-0.4, -0.2) is 4.98 Å². The number of aromatic nitrogens is 1. The van der Waals surface area contributed by atoms with E-state index >= 15 is 0 Å². The Morgan fingerprint density at radius 3 is 2.59 bits per heavy atom. The van der Waals surface area contributed by atoms with E-state index in [2.05, 4.69) is 17.2 Å². The Bertz CT molecular complexity index is 465. The molecule has 2 aromatic rings. The summed E-state index contributed by atoms with van der Waals surface area (Å²) in [5, 5.41) is 7.77. The molecule has 2 rings (SSSR count). The van der Waals surface area contributed by atoms with Crippen LogP contribution in [0.25, 0.3) is 0 Å². The Labute approximate surface area is 115 Å². The Balaban J connectivity index is 1.98. The zero-order chi connectivity index (χ0) is 12.3. The maximum Gasteiger partial charge on any atom is 0.109 e. The van der Waals surface area contributed by atoms with Crippen molar-refractivity contribution in [2.45, 2.75) is 19.5 Å². The highest BCUT2D eigenvalue weighted by atomic mass is 35.5. The molecule has 0 saturated heterocycles. The Morgan fingerprint density at radius 1 is 1.29 bits per heavy atom. The molecule has 1 aromatic carbocycles. The van der Waals surface area contributed by atoms with Gasteiger partial charge in [0.1, 0.15) is 5.01 Å². The van der Waals surface area contributed by atoms with Gasteiger partial charge in [-0.25, -0.2) is 4.98 Å². The van der Waals surface area contributed by atoms with Crippen molar-refractivity contribution < 1.29 is 0 Å². The third-order valence-electron chi connectivity index (χ3n) is 2.36. The molecule has 17 heavy (non-hydrogen) atoms. The number of hydrogen-bond acceptors (Lipinski definition) is 3. The van der Waals surface area contributed by atoms with Crippen LogP contribution in [0, 0.1) is 0 Å². The van der Waals surface area contributed by atoms with E-state index in [0.717, 1.165) is 17.1 Å². The quantitative estimate of drug-likeness (QED) is 0.906. The minimum atomic E-state index is 0.229.